The molecular formula is C17H31NO5Si. The molecule has 1 heterocycles. The number of aliphatic hydroxyl groups excluding tert-OH is 1. The van der Waals surface area contributed by atoms with Crippen molar-refractivity contribution in [3.63, 3.8) is 0 Å². The predicted molar refractivity (Wildman–Crippen MR) is 94.6 cm³/mol. The predicted octanol–water partition coefficient (Wildman–Crippen LogP) is 3.56. The van der Waals surface area contributed by atoms with E-state index >= 15 is 0 Å². The Balaban J connectivity index is 2.35. The van der Waals surface area contributed by atoms with E-state index in [2.05, 4.69) is 38.8 Å². The number of aromatic nitrogens is 1. The van der Waals surface area contributed by atoms with E-state index in [0.717, 1.165) is 6.42 Å². The van der Waals surface area contributed by atoms with Gasteiger partial charge >= 0.3 is 5.97 Å². The summed E-state index contributed by atoms with van der Waals surface area (Å²) in [5.74, 6) is -0.166. The first-order chi connectivity index (χ1) is 11.1. The number of aliphatic hydroxyl groups is 1. The van der Waals surface area contributed by atoms with Gasteiger partial charge < -0.3 is 18.7 Å². The summed E-state index contributed by atoms with van der Waals surface area (Å²) in [5, 5.41) is 10.3. The number of hydrogen-bond donors (Lipinski definition) is 1. The van der Waals surface area contributed by atoms with E-state index in [1.54, 1.807) is 6.92 Å². The highest BCUT2D eigenvalue weighted by Gasteiger charge is 2.36. The van der Waals surface area contributed by atoms with Gasteiger partial charge in [-0.25, -0.2) is 9.78 Å². The van der Waals surface area contributed by atoms with Crippen LogP contribution in [0.5, 0.6) is 0 Å². The van der Waals surface area contributed by atoms with Crippen molar-refractivity contribution in [3.05, 3.63) is 17.8 Å². The third-order valence-corrected chi connectivity index (χ3v) is 8.94. The average molecular weight is 358 g/mol. The fraction of sp³-hybridized carbons (Fsp3) is 0.765. The molecule has 0 aliphatic rings. The molecule has 0 aliphatic heterocycles. The van der Waals surface area contributed by atoms with Gasteiger partial charge in [-0.1, -0.05) is 20.8 Å². The summed E-state index contributed by atoms with van der Waals surface area (Å²) in [7, 11) is -1.73. The van der Waals surface area contributed by atoms with E-state index < -0.39 is 20.4 Å². The van der Waals surface area contributed by atoms with Gasteiger partial charge in [-0.3, -0.25) is 0 Å². The maximum absolute atomic E-state index is 11.5. The lowest BCUT2D eigenvalue weighted by atomic mass is 10.1. The molecule has 0 fully saturated rings. The second-order valence-corrected chi connectivity index (χ2v) is 12.3. The number of hydrogen-bond acceptors (Lipinski definition) is 6. The minimum atomic E-state index is -1.73. The SMILES string of the molecule is CCOC(=O)c1coc(CC(O)CCCO[Si](C)(C)C(C)(C)C)n1. The zero-order chi connectivity index (χ0) is 18.4. The Bertz CT molecular complexity index is 521. The van der Waals surface area contributed by atoms with Crippen molar-refractivity contribution in [2.75, 3.05) is 13.2 Å². The van der Waals surface area contributed by atoms with Crippen LogP contribution in [-0.4, -0.2) is 43.7 Å². The van der Waals surface area contributed by atoms with Crippen molar-refractivity contribution in [2.24, 2.45) is 0 Å². The molecule has 0 amide bonds. The lowest BCUT2D eigenvalue weighted by Gasteiger charge is -2.36. The molecule has 0 spiro atoms. The van der Waals surface area contributed by atoms with Gasteiger partial charge in [0, 0.05) is 6.61 Å². The van der Waals surface area contributed by atoms with Crippen LogP contribution >= 0.6 is 0 Å². The first kappa shape index (κ1) is 20.9. The molecular weight excluding hydrogens is 326 g/mol. The topological polar surface area (TPSA) is 81.8 Å². The van der Waals surface area contributed by atoms with E-state index in [4.69, 9.17) is 13.6 Å². The van der Waals surface area contributed by atoms with Gasteiger partial charge in [0.05, 0.1) is 19.1 Å². The number of nitrogens with zero attached hydrogens (tertiary/aromatic N) is 1. The minimum Gasteiger partial charge on any atom is -0.461 e. The summed E-state index contributed by atoms with van der Waals surface area (Å²) in [4.78, 5) is 15.6. The Labute approximate surface area is 145 Å². The quantitative estimate of drug-likeness (QED) is 0.413. The van der Waals surface area contributed by atoms with Crippen LogP contribution in [0.25, 0.3) is 0 Å². The van der Waals surface area contributed by atoms with Gasteiger partial charge in [0.25, 0.3) is 0 Å². The van der Waals surface area contributed by atoms with E-state index in [-0.39, 0.29) is 23.8 Å². The van der Waals surface area contributed by atoms with Gasteiger partial charge in [-0.05, 0) is 37.9 Å². The van der Waals surface area contributed by atoms with Crippen molar-refractivity contribution >= 4 is 14.3 Å². The molecule has 6 nitrogen and oxygen atoms in total. The summed E-state index contributed by atoms with van der Waals surface area (Å²) in [6.07, 6.45) is 2.35. The Morgan fingerprint density at radius 3 is 2.67 bits per heavy atom. The third kappa shape index (κ3) is 6.37. The number of carbonyl (C=O) groups excluding carboxylic acids is 1. The largest absolute Gasteiger partial charge is 0.461 e. The first-order valence-corrected chi connectivity index (χ1v) is 11.4. The zero-order valence-corrected chi connectivity index (χ0v) is 16.7. The standard InChI is InChI=1S/C17H31NO5Si/c1-7-21-16(20)14-12-22-15(18-14)11-13(19)9-8-10-23-24(5,6)17(2,3)4/h12-13,19H,7-11H2,1-6H3. The van der Waals surface area contributed by atoms with E-state index in [1.807, 2.05) is 0 Å². The van der Waals surface area contributed by atoms with Crippen LogP contribution in [0, 0.1) is 0 Å². The Hall–Kier alpha value is -1.18. The third-order valence-electron chi connectivity index (χ3n) is 4.40. The Kier molecular flexibility index (Phi) is 7.63. The highest BCUT2D eigenvalue weighted by Crippen LogP contribution is 2.36. The summed E-state index contributed by atoms with van der Waals surface area (Å²) >= 11 is 0. The van der Waals surface area contributed by atoms with Crippen LogP contribution in [0.1, 0.15) is 56.9 Å². The molecule has 1 N–H and O–H groups in total. The molecule has 1 atom stereocenters. The second kappa shape index (κ2) is 8.78. The van der Waals surface area contributed by atoms with Crippen LogP contribution in [0.4, 0.5) is 0 Å². The summed E-state index contributed by atoms with van der Waals surface area (Å²) < 4.78 is 16.1. The molecule has 0 saturated heterocycles. The number of oxazole rings is 1. The molecule has 0 radical (unpaired) electrons. The van der Waals surface area contributed by atoms with Crippen molar-refractivity contribution in [1.29, 1.82) is 0 Å². The monoisotopic (exact) mass is 357 g/mol. The van der Waals surface area contributed by atoms with Crippen molar-refractivity contribution in [2.45, 2.75) is 71.2 Å². The molecule has 1 unspecified atom stereocenters. The molecule has 0 saturated carbocycles. The first-order valence-electron chi connectivity index (χ1n) is 8.50. The highest BCUT2D eigenvalue weighted by atomic mass is 28.4. The van der Waals surface area contributed by atoms with Crippen molar-refractivity contribution in [1.82, 2.24) is 4.98 Å². The van der Waals surface area contributed by atoms with Gasteiger partial charge in [-0.2, -0.15) is 0 Å². The number of ether oxygens (including phenoxy) is 1. The minimum absolute atomic E-state index is 0.139. The van der Waals surface area contributed by atoms with Gasteiger partial charge in [0.2, 0.25) is 0 Å². The van der Waals surface area contributed by atoms with Crippen LogP contribution in [0.15, 0.2) is 10.7 Å². The average Bonchev–Trinajstić information content (AvgIpc) is 2.91. The number of rotatable bonds is 9. The summed E-state index contributed by atoms with van der Waals surface area (Å²) in [6.45, 7) is 13.7. The molecule has 1 aromatic heterocycles. The highest BCUT2D eigenvalue weighted by molar-refractivity contribution is 6.74. The molecule has 0 bridgehead atoms. The Morgan fingerprint density at radius 2 is 2.08 bits per heavy atom. The molecule has 0 aromatic carbocycles. The van der Waals surface area contributed by atoms with Crippen LogP contribution in [0.2, 0.25) is 18.1 Å². The number of carbonyl (C=O) groups is 1. The van der Waals surface area contributed by atoms with E-state index in [9.17, 15) is 9.90 Å². The van der Waals surface area contributed by atoms with Crippen molar-refractivity contribution < 1.29 is 23.5 Å². The van der Waals surface area contributed by atoms with Gasteiger partial charge in [0.1, 0.15) is 6.26 Å². The van der Waals surface area contributed by atoms with Crippen molar-refractivity contribution in [3.8, 4) is 0 Å². The van der Waals surface area contributed by atoms with E-state index in [0.29, 0.717) is 18.9 Å². The maximum Gasteiger partial charge on any atom is 0.360 e. The van der Waals surface area contributed by atoms with E-state index in [1.165, 1.54) is 6.26 Å². The lowest BCUT2D eigenvalue weighted by molar-refractivity contribution is 0.0519. The Morgan fingerprint density at radius 1 is 1.42 bits per heavy atom. The lowest BCUT2D eigenvalue weighted by Crippen LogP contribution is -2.41. The zero-order valence-electron chi connectivity index (χ0n) is 15.7. The fourth-order valence-electron chi connectivity index (χ4n) is 1.87. The fourth-order valence-corrected chi connectivity index (χ4v) is 2.96. The van der Waals surface area contributed by atoms with Crippen LogP contribution < -0.4 is 0 Å². The number of esters is 1. The molecule has 0 aliphatic carbocycles. The van der Waals surface area contributed by atoms with Gasteiger partial charge in [0.15, 0.2) is 19.9 Å². The molecule has 24 heavy (non-hydrogen) atoms. The molecule has 138 valence electrons. The maximum atomic E-state index is 11.5. The molecule has 1 rings (SSSR count). The normalized spacial score (nSPS) is 13.8. The molecule has 7 heteroatoms. The summed E-state index contributed by atoms with van der Waals surface area (Å²) in [5.41, 5.74) is 0.139. The van der Waals surface area contributed by atoms with Gasteiger partial charge in [-0.15, -0.1) is 0 Å². The smallest absolute Gasteiger partial charge is 0.360 e. The van der Waals surface area contributed by atoms with Crippen LogP contribution in [-0.2, 0) is 15.6 Å². The van der Waals surface area contributed by atoms with Crippen LogP contribution in [0.3, 0.4) is 0 Å². The second-order valence-electron chi connectivity index (χ2n) is 7.46. The summed E-state index contributed by atoms with van der Waals surface area (Å²) in [6, 6.07) is 0. The molecule has 1 aromatic rings.